The smallest absolute Gasteiger partial charge is 0.397 e. The van der Waals surface area contributed by atoms with Crippen molar-refractivity contribution in [2.75, 3.05) is 23.8 Å². The first-order valence-corrected chi connectivity index (χ1v) is 16.2. The Bertz CT molecular complexity index is 1890. The molecule has 0 bridgehead atoms. The first-order chi connectivity index (χ1) is 20.9. The van der Waals surface area contributed by atoms with Gasteiger partial charge in [-0.25, -0.2) is 29.5 Å². The van der Waals surface area contributed by atoms with Crippen LogP contribution in [0.25, 0.3) is 22.3 Å². The van der Waals surface area contributed by atoms with Gasteiger partial charge in [0.25, 0.3) is 10.1 Å². The normalized spacial score (nSPS) is 36.1. The second kappa shape index (κ2) is 10.6. The molecule has 0 aromatic carbocycles. The maximum Gasteiger partial charge on any atom is 0.472 e. The molecule has 22 heteroatoms. The predicted octanol–water partition coefficient (Wildman–Crippen LogP) is -1.43. The molecule has 3 fully saturated rings. The minimum atomic E-state index is -4.96. The molecule has 0 aliphatic carbocycles. The summed E-state index contributed by atoms with van der Waals surface area (Å²) in [4.78, 5) is 31.1. The number of nitrogen functional groups attached to an aromatic ring is 2. The number of rotatable bonds is 2. The van der Waals surface area contributed by atoms with Crippen molar-refractivity contribution in [2.45, 2.75) is 55.5 Å². The van der Waals surface area contributed by atoms with Crippen molar-refractivity contribution in [1.82, 2.24) is 34.1 Å². The Morgan fingerprint density at radius 3 is 2.32 bits per heavy atom. The van der Waals surface area contributed by atoms with Crippen molar-refractivity contribution in [3.05, 3.63) is 31.2 Å². The van der Waals surface area contributed by atoms with Crippen LogP contribution in [0.5, 0.6) is 0 Å². The molecule has 7 N–H and O–H groups in total. The molecule has 44 heavy (non-hydrogen) atoms. The average Bonchev–Trinajstić information content (AvgIpc) is 3.73. The van der Waals surface area contributed by atoms with Crippen molar-refractivity contribution in [3.63, 3.8) is 0 Å². The number of hydrogen-bond acceptors (Lipinski definition) is 17. The van der Waals surface area contributed by atoms with Gasteiger partial charge in [-0.3, -0.25) is 22.4 Å². The highest BCUT2D eigenvalue weighted by atomic mass is 32.2. The van der Waals surface area contributed by atoms with Crippen LogP contribution < -0.4 is 11.5 Å². The van der Waals surface area contributed by atoms with E-state index in [-0.39, 0.29) is 29.0 Å². The molecule has 1 unspecified atom stereocenters. The Morgan fingerprint density at radius 1 is 0.909 bits per heavy atom. The zero-order valence-electron chi connectivity index (χ0n) is 22.4. The lowest BCUT2D eigenvalue weighted by molar-refractivity contribution is -0.0550. The van der Waals surface area contributed by atoms with Gasteiger partial charge in [0.1, 0.15) is 47.9 Å². The Kier molecular flexibility index (Phi) is 7.08. The van der Waals surface area contributed by atoms with E-state index < -0.39 is 79.4 Å². The number of phosphoric acid groups is 1. The third-order valence-electron chi connectivity index (χ3n) is 7.61. The summed E-state index contributed by atoms with van der Waals surface area (Å²) in [5.74, 6) is -0.617. The maximum atomic E-state index is 13.2. The Balaban J connectivity index is 1.17. The van der Waals surface area contributed by atoms with E-state index in [2.05, 4.69) is 24.9 Å². The fraction of sp³-hybridized carbons (Fsp3) is 0.500. The van der Waals surface area contributed by atoms with Crippen molar-refractivity contribution in [2.24, 2.45) is 0 Å². The van der Waals surface area contributed by atoms with Gasteiger partial charge < -0.3 is 36.0 Å². The van der Waals surface area contributed by atoms with E-state index in [9.17, 15) is 28.1 Å². The number of aromatic nitrogens is 7. The summed E-state index contributed by atoms with van der Waals surface area (Å²) in [5.41, 5.74) is 13.1. The van der Waals surface area contributed by atoms with Gasteiger partial charge >= 0.3 is 7.82 Å². The van der Waals surface area contributed by atoms with E-state index in [1.807, 2.05) is 0 Å². The van der Waals surface area contributed by atoms with Gasteiger partial charge in [-0.15, -0.1) is 0 Å². The minimum Gasteiger partial charge on any atom is -0.397 e. The van der Waals surface area contributed by atoms with Gasteiger partial charge in [0.2, 0.25) is 0 Å². The summed E-state index contributed by atoms with van der Waals surface area (Å²) in [5, 5.41) is 22.3. The lowest BCUT2D eigenvalue weighted by atomic mass is 10.1. The molecular formula is C22H26N9O11PS. The van der Waals surface area contributed by atoms with Crippen LogP contribution in [0, 0.1) is 0 Å². The molecule has 7 heterocycles. The van der Waals surface area contributed by atoms with Gasteiger partial charge in [0, 0.05) is 6.20 Å². The van der Waals surface area contributed by atoms with Gasteiger partial charge in [0.05, 0.1) is 36.8 Å². The molecule has 4 aromatic heterocycles. The van der Waals surface area contributed by atoms with Crippen LogP contribution in [0.15, 0.2) is 31.2 Å². The summed E-state index contributed by atoms with van der Waals surface area (Å²) in [7, 11) is -9.35. The quantitative estimate of drug-likeness (QED) is 0.122. The first-order valence-electron chi connectivity index (χ1n) is 13.2. The van der Waals surface area contributed by atoms with Crippen LogP contribution in [0.1, 0.15) is 18.9 Å². The molecule has 3 aliphatic heterocycles. The number of imidazole rings is 2. The molecule has 20 nitrogen and oxygen atoms in total. The number of aliphatic hydroxyl groups is 2. The number of nitrogens with two attached hydrogens (primary N) is 2. The highest BCUT2D eigenvalue weighted by molar-refractivity contribution is 7.86. The summed E-state index contributed by atoms with van der Waals surface area (Å²) in [6.07, 6.45) is -6.66. The molecule has 0 amide bonds. The lowest BCUT2D eigenvalue weighted by Crippen LogP contribution is -2.40. The Hall–Kier alpha value is -3.37. The molecule has 0 saturated carbocycles. The van der Waals surface area contributed by atoms with Crippen LogP contribution in [-0.4, -0.2) is 107 Å². The van der Waals surface area contributed by atoms with Crippen molar-refractivity contribution >= 4 is 51.8 Å². The van der Waals surface area contributed by atoms with Gasteiger partial charge in [-0.1, -0.05) is 0 Å². The third-order valence-corrected chi connectivity index (χ3v) is 9.85. The number of ether oxygens (including phenoxy) is 2. The first kappa shape index (κ1) is 29.3. The minimum absolute atomic E-state index is 0.0621. The predicted molar refractivity (Wildman–Crippen MR) is 145 cm³/mol. The van der Waals surface area contributed by atoms with Crippen LogP contribution in [0.4, 0.5) is 11.5 Å². The molecule has 0 spiro atoms. The van der Waals surface area contributed by atoms with E-state index >= 15 is 0 Å². The van der Waals surface area contributed by atoms with Gasteiger partial charge in [0.15, 0.2) is 29.6 Å². The van der Waals surface area contributed by atoms with E-state index in [4.69, 9.17) is 34.2 Å². The second-order valence-corrected chi connectivity index (χ2v) is 13.5. The van der Waals surface area contributed by atoms with Crippen LogP contribution in [0.3, 0.4) is 0 Å². The fourth-order valence-electron chi connectivity index (χ4n) is 5.54. The standard InChI is InChI=1S/C22H26N9O11PS/c23-9-1-3-25-19-12(9)28-7-30(19)21-14(32)16-10(39-21)2-4-44(36,37)42-17-11(5-38-43(34,35)41-16)40-22(15(17)33)31-8-29-13-18(24)26-6-27-20(13)31/h1,3,6-8,10-11,14-17,21-22,32-33H,2,4-5H2,(H2,23,25)(H,34,35)(H2,24,26,27)/t10-,11-,14-,15-,16-,17-,21-,22-/m1/s1. The molecule has 4 aromatic rings. The lowest BCUT2D eigenvalue weighted by Gasteiger charge is -2.26. The summed E-state index contributed by atoms with van der Waals surface area (Å²) in [6, 6.07) is 1.53. The molecular weight excluding hydrogens is 629 g/mol. The topological polar surface area (TPSA) is 284 Å². The summed E-state index contributed by atoms with van der Waals surface area (Å²) < 4.78 is 69.8. The molecule has 236 valence electrons. The summed E-state index contributed by atoms with van der Waals surface area (Å²) in [6.45, 7) is -0.752. The SMILES string of the molecule is Nc1ccnc2c1ncn2[C@@H]1O[C@@H]2CCS(=O)(=O)O[C@H]3[C@@H](O)[C@H](n4cnc5c(N)ncnc54)O[C@@H]3COP(=O)(O)O[C@H]2[C@H]1O. The van der Waals surface area contributed by atoms with Crippen molar-refractivity contribution in [1.29, 1.82) is 0 Å². The number of fused-ring (bicyclic) bond motifs is 4. The zero-order valence-corrected chi connectivity index (χ0v) is 24.1. The van der Waals surface area contributed by atoms with Crippen molar-refractivity contribution in [3.8, 4) is 0 Å². The van der Waals surface area contributed by atoms with E-state index in [1.54, 1.807) is 0 Å². The van der Waals surface area contributed by atoms with E-state index in [0.717, 1.165) is 0 Å². The molecule has 9 atom stereocenters. The molecule has 7 rings (SSSR count). The number of hydrogen-bond donors (Lipinski definition) is 5. The Morgan fingerprint density at radius 2 is 1.57 bits per heavy atom. The third kappa shape index (κ3) is 5.00. The van der Waals surface area contributed by atoms with Gasteiger partial charge in [-0.2, -0.15) is 8.42 Å². The van der Waals surface area contributed by atoms with E-state index in [0.29, 0.717) is 11.2 Å². The fourth-order valence-corrected chi connectivity index (χ4v) is 7.70. The zero-order chi connectivity index (χ0) is 31.0. The van der Waals surface area contributed by atoms with Crippen LogP contribution in [-0.2, 0) is 37.4 Å². The van der Waals surface area contributed by atoms with Crippen LogP contribution >= 0.6 is 7.82 Å². The van der Waals surface area contributed by atoms with Crippen LogP contribution in [0.2, 0.25) is 0 Å². The largest absolute Gasteiger partial charge is 0.472 e. The van der Waals surface area contributed by atoms with E-state index in [1.165, 1.54) is 40.4 Å². The molecule has 3 aliphatic rings. The van der Waals surface area contributed by atoms with Gasteiger partial charge in [-0.05, 0) is 12.5 Å². The number of aliphatic hydroxyl groups excluding tert-OH is 2. The highest BCUT2D eigenvalue weighted by Crippen LogP contribution is 2.50. The number of nitrogens with zero attached hydrogens (tertiary/aromatic N) is 7. The monoisotopic (exact) mass is 655 g/mol. The highest BCUT2D eigenvalue weighted by Gasteiger charge is 2.53. The number of anilines is 2. The molecule has 3 saturated heterocycles. The number of phosphoric ester groups is 1. The molecule has 0 radical (unpaired) electrons. The number of pyridine rings is 1. The Labute approximate surface area is 247 Å². The van der Waals surface area contributed by atoms with Crippen molar-refractivity contribution < 1.29 is 50.8 Å². The maximum absolute atomic E-state index is 13.2. The second-order valence-electron chi connectivity index (χ2n) is 10.4. The summed E-state index contributed by atoms with van der Waals surface area (Å²) >= 11 is 0. The average molecular weight is 656 g/mol.